The lowest BCUT2D eigenvalue weighted by Gasteiger charge is -2.12. The van der Waals surface area contributed by atoms with Crippen LogP contribution in [-0.4, -0.2) is 7.11 Å². The summed E-state index contributed by atoms with van der Waals surface area (Å²) in [7, 11) is 1.70. The molecule has 0 bridgehead atoms. The Labute approximate surface area is 156 Å². The van der Waals surface area contributed by atoms with E-state index in [4.69, 9.17) is 27.9 Å². The first-order valence-electron chi connectivity index (χ1n) is 8.08. The van der Waals surface area contributed by atoms with Crippen molar-refractivity contribution in [3.8, 4) is 5.75 Å². The molecule has 0 spiro atoms. The van der Waals surface area contributed by atoms with Gasteiger partial charge in [0.15, 0.2) is 0 Å². The van der Waals surface area contributed by atoms with Crippen molar-refractivity contribution in [2.75, 3.05) is 7.11 Å². The van der Waals surface area contributed by atoms with Crippen molar-refractivity contribution in [1.29, 1.82) is 0 Å². The third-order valence-corrected chi connectivity index (χ3v) is 5.27. The molecular weight excluding hydrogens is 351 g/mol. The molecule has 0 aromatic heterocycles. The number of benzene rings is 4. The van der Waals surface area contributed by atoms with Crippen molar-refractivity contribution >= 4 is 44.7 Å². The molecular formula is C22H16Cl2O. The highest BCUT2D eigenvalue weighted by Crippen LogP contribution is 2.33. The maximum atomic E-state index is 6.18. The molecule has 1 nitrogen and oxygen atoms in total. The lowest BCUT2D eigenvalue weighted by molar-refractivity contribution is 0.415. The first kappa shape index (κ1) is 16.3. The Balaban J connectivity index is 1.93. The van der Waals surface area contributed by atoms with E-state index in [9.17, 15) is 0 Å². The summed E-state index contributed by atoms with van der Waals surface area (Å²) in [6, 6.07) is 22.8. The number of methoxy groups -OCH3 is 1. The second-order valence-electron chi connectivity index (χ2n) is 6.09. The predicted octanol–water partition coefficient (Wildman–Crippen LogP) is 6.90. The van der Waals surface area contributed by atoms with Crippen molar-refractivity contribution in [2.45, 2.75) is 6.42 Å². The molecule has 0 saturated carbocycles. The Hall–Kier alpha value is -2.22. The van der Waals surface area contributed by atoms with Crippen LogP contribution in [0.15, 0.2) is 66.7 Å². The maximum absolute atomic E-state index is 6.18. The molecule has 0 unspecified atom stereocenters. The van der Waals surface area contributed by atoms with Crippen molar-refractivity contribution in [3.63, 3.8) is 0 Å². The van der Waals surface area contributed by atoms with E-state index in [-0.39, 0.29) is 0 Å². The van der Waals surface area contributed by atoms with Gasteiger partial charge in [-0.2, -0.15) is 0 Å². The van der Waals surface area contributed by atoms with Gasteiger partial charge in [-0.25, -0.2) is 0 Å². The molecule has 0 heterocycles. The van der Waals surface area contributed by atoms with E-state index >= 15 is 0 Å². The summed E-state index contributed by atoms with van der Waals surface area (Å²) >= 11 is 12.2. The normalized spacial score (nSPS) is 11.2. The first-order valence-corrected chi connectivity index (χ1v) is 8.83. The maximum Gasteiger partial charge on any atom is 0.119 e. The third kappa shape index (κ3) is 3.06. The quantitative estimate of drug-likeness (QED) is 0.358. The van der Waals surface area contributed by atoms with E-state index in [1.165, 1.54) is 27.1 Å². The molecule has 4 rings (SSSR count). The second kappa shape index (κ2) is 6.59. The van der Waals surface area contributed by atoms with Gasteiger partial charge >= 0.3 is 0 Å². The largest absolute Gasteiger partial charge is 0.497 e. The molecule has 3 heteroatoms. The van der Waals surface area contributed by atoms with E-state index in [2.05, 4.69) is 42.5 Å². The van der Waals surface area contributed by atoms with Crippen LogP contribution in [0.4, 0.5) is 0 Å². The van der Waals surface area contributed by atoms with Gasteiger partial charge in [-0.1, -0.05) is 65.7 Å². The van der Waals surface area contributed by atoms with E-state index in [1.807, 2.05) is 24.3 Å². The molecule has 0 N–H and O–H groups in total. The molecule has 0 atom stereocenters. The van der Waals surface area contributed by atoms with Crippen LogP contribution in [0.1, 0.15) is 11.1 Å². The molecule has 0 aliphatic rings. The van der Waals surface area contributed by atoms with E-state index in [0.29, 0.717) is 10.0 Å². The van der Waals surface area contributed by atoms with Gasteiger partial charge in [0.25, 0.3) is 0 Å². The van der Waals surface area contributed by atoms with E-state index in [1.54, 1.807) is 7.11 Å². The van der Waals surface area contributed by atoms with Crippen molar-refractivity contribution < 1.29 is 4.74 Å². The highest BCUT2D eigenvalue weighted by molar-refractivity contribution is 6.42. The van der Waals surface area contributed by atoms with E-state index in [0.717, 1.165) is 17.7 Å². The summed E-state index contributed by atoms with van der Waals surface area (Å²) in [4.78, 5) is 0. The summed E-state index contributed by atoms with van der Waals surface area (Å²) < 4.78 is 5.43. The van der Waals surface area contributed by atoms with Crippen LogP contribution in [-0.2, 0) is 6.42 Å². The zero-order chi connectivity index (χ0) is 17.4. The number of hydrogen-bond acceptors (Lipinski definition) is 1. The molecule has 25 heavy (non-hydrogen) atoms. The Morgan fingerprint density at radius 2 is 1.60 bits per heavy atom. The van der Waals surface area contributed by atoms with Crippen LogP contribution in [0.2, 0.25) is 10.0 Å². The first-order chi connectivity index (χ1) is 12.2. The minimum Gasteiger partial charge on any atom is -0.497 e. The molecule has 0 amide bonds. The molecule has 0 aliphatic heterocycles. The molecule has 0 aliphatic carbocycles. The van der Waals surface area contributed by atoms with E-state index < -0.39 is 0 Å². The Kier molecular flexibility index (Phi) is 4.29. The lowest BCUT2D eigenvalue weighted by atomic mass is 9.93. The van der Waals surface area contributed by atoms with Crippen LogP contribution in [0.5, 0.6) is 5.75 Å². The molecule has 0 fully saturated rings. The molecule has 4 aromatic carbocycles. The van der Waals surface area contributed by atoms with Crippen LogP contribution in [0, 0.1) is 0 Å². The summed E-state index contributed by atoms with van der Waals surface area (Å²) in [6.07, 6.45) is 0.796. The summed E-state index contributed by atoms with van der Waals surface area (Å²) in [5.41, 5.74) is 2.40. The SMILES string of the molecule is COc1ccc2c(Cc3ccc(Cl)c(Cl)c3)cc3ccccc3c2c1. The second-order valence-corrected chi connectivity index (χ2v) is 6.91. The van der Waals surface area contributed by atoms with Gasteiger partial charge < -0.3 is 4.74 Å². The van der Waals surface area contributed by atoms with Gasteiger partial charge in [0, 0.05) is 0 Å². The standard InChI is InChI=1S/C22H16Cl2O/c1-25-17-7-8-19-16(10-14-6-9-21(23)22(24)11-14)12-15-4-2-3-5-18(15)20(19)13-17/h2-9,11-13H,10H2,1H3. The van der Waals surface area contributed by atoms with Gasteiger partial charge in [0.05, 0.1) is 17.2 Å². The topological polar surface area (TPSA) is 9.23 Å². The van der Waals surface area contributed by atoms with Gasteiger partial charge in [-0.05, 0) is 63.4 Å². The van der Waals surface area contributed by atoms with Crippen molar-refractivity contribution in [3.05, 3.63) is 87.9 Å². The predicted molar refractivity (Wildman–Crippen MR) is 107 cm³/mol. The minimum atomic E-state index is 0.582. The fraction of sp³-hybridized carbons (Fsp3) is 0.0909. The average Bonchev–Trinajstić information content (AvgIpc) is 2.64. The highest BCUT2D eigenvalue weighted by Gasteiger charge is 2.09. The fourth-order valence-electron chi connectivity index (χ4n) is 3.30. The summed E-state index contributed by atoms with van der Waals surface area (Å²) in [6.45, 7) is 0. The lowest BCUT2D eigenvalue weighted by Crippen LogP contribution is -1.92. The van der Waals surface area contributed by atoms with Crippen LogP contribution >= 0.6 is 23.2 Å². The van der Waals surface area contributed by atoms with Crippen LogP contribution in [0.3, 0.4) is 0 Å². The van der Waals surface area contributed by atoms with Crippen LogP contribution in [0.25, 0.3) is 21.5 Å². The zero-order valence-electron chi connectivity index (χ0n) is 13.7. The average molecular weight is 367 g/mol. The van der Waals surface area contributed by atoms with Crippen molar-refractivity contribution in [1.82, 2.24) is 0 Å². The Morgan fingerprint density at radius 1 is 0.760 bits per heavy atom. The number of halogens is 2. The Morgan fingerprint density at radius 3 is 2.40 bits per heavy atom. The number of ether oxygens (including phenoxy) is 1. The van der Waals surface area contributed by atoms with Gasteiger partial charge in [-0.15, -0.1) is 0 Å². The molecule has 0 saturated heterocycles. The zero-order valence-corrected chi connectivity index (χ0v) is 15.2. The molecule has 4 aromatic rings. The van der Waals surface area contributed by atoms with Gasteiger partial charge in [-0.3, -0.25) is 0 Å². The number of fused-ring (bicyclic) bond motifs is 3. The fourth-order valence-corrected chi connectivity index (χ4v) is 3.62. The van der Waals surface area contributed by atoms with Crippen molar-refractivity contribution in [2.24, 2.45) is 0 Å². The minimum absolute atomic E-state index is 0.582. The summed E-state index contributed by atoms with van der Waals surface area (Å²) in [5, 5.41) is 6.05. The Bertz CT molecular complexity index is 1090. The number of hydrogen-bond donors (Lipinski definition) is 0. The third-order valence-electron chi connectivity index (χ3n) is 4.53. The highest BCUT2D eigenvalue weighted by atomic mass is 35.5. The summed E-state index contributed by atoms with van der Waals surface area (Å²) in [5.74, 6) is 0.865. The number of rotatable bonds is 3. The monoisotopic (exact) mass is 366 g/mol. The smallest absolute Gasteiger partial charge is 0.119 e. The van der Waals surface area contributed by atoms with Gasteiger partial charge in [0.2, 0.25) is 0 Å². The van der Waals surface area contributed by atoms with Gasteiger partial charge in [0.1, 0.15) is 5.75 Å². The molecule has 0 radical (unpaired) electrons. The van der Waals surface area contributed by atoms with Crippen LogP contribution < -0.4 is 4.74 Å². The molecule has 124 valence electrons.